The van der Waals surface area contributed by atoms with Crippen LogP contribution in [0.3, 0.4) is 0 Å². The van der Waals surface area contributed by atoms with Gasteiger partial charge in [0.05, 0.1) is 18.1 Å². The van der Waals surface area contributed by atoms with E-state index in [-0.39, 0.29) is 22.3 Å². The Bertz CT molecular complexity index is 1710. The zero-order chi connectivity index (χ0) is 31.1. The van der Waals surface area contributed by atoms with E-state index in [4.69, 9.17) is 10.5 Å². The molecule has 232 valence electrons. The number of anilines is 2. The van der Waals surface area contributed by atoms with Crippen molar-refractivity contribution in [3.05, 3.63) is 65.8 Å². The van der Waals surface area contributed by atoms with E-state index in [0.29, 0.717) is 49.9 Å². The van der Waals surface area contributed by atoms with Gasteiger partial charge in [-0.15, -0.1) is 10.2 Å². The molecule has 1 atom stereocenters. The van der Waals surface area contributed by atoms with Crippen LogP contribution >= 0.6 is 0 Å². The van der Waals surface area contributed by atoms with E-state index in [9.17, 15) is 13.2 Å². The van der Waals surface area contributed by atoms with Crippen LogP contribution < -0.4 is 15.4 Å². The van der Waals surface area contributed by atoms with Crippen LogP contribution in [0.25, 0.3) is 17.0 Å². The topological polar surface area (TPSA) is 137 Å². The fraction of sp³-hybridized carbons (Fsp3) is 0.438. The normalized spacial score (nSPS) is 22.9. The minimum atomic E-state index is -2.91. The molecule has 1 aliphatic carbocycles. The lowest BCUT2D eigenvalue weighted by molar-refractivity contribution is -0.120. The van der Waals surface area contributed by atoms with Crippen LogP contribution in [0, 0.1) is 10.8 Å². The molecular formula is C32H39N7O4S. The summed E-state index contributed by atoms with van der Waals surface area (Å²) < 4.78 is 28.4. The number of hydrogen-bond acceptors (Lipinski definition) is 10. The molecule has 11 nitrogen and oxygen atoms in total. The van der Waals surface area contributed by atoms with E-state index in [0.717, 1.165) is 36.3 Å². The smallest absolute Gasteiger partial charge is 0.298 e. The Hall–Kier alpha value is -4.03. The van der Waals surface area contributed by atoms with Crippen molar-refractivity contribution in [2.45, 2.75) is 33.7 Å². The highest BCUT2D eigenvalue weighted by molar-refractivity contribution is 7.91. The number of tetrazole rings is 1. The van der Waals surface area contributed by atoms with Gasteiger partial charge in [-0.3, -0.25) is 9.69 Å². The second-order valence-corrected chi connectivity index (χ2v) is 15.1. The number of sulfone groups is 1. The fourth-order valence-corrected chi connectivity index (χ4v) is 8.26. The van der Waals surface area contributed by atoms with Gasteiger partial charge in [0.1, 0.15) is 5.75 Å². The number of carbonyl (C=O) groups excluding carboxylic acids is 1. The molecule has 3 aliphatic rings. The fourth-order valence-electron chi connectivity index (χ4n) is 6.98. The van der Waals surface area contributed by atoms with Crippen molar-refractivity contribution in [2.24, 2.45) is 10.8 Å². The molecule has 0 unspecified atom stereocenters. The second kappa shape index (κ2) is 11.5. The number of nitrogens with two attached hydrogens (primary N) is 1. The number of nitrogen functional groups attached to an aromatic ring is 1. The number of ether oxygens (including phenoxy) is 1. The molecule has 1 saturated heterocycles. The van der Waals surface area contributed by atoms with E-state index in [1.807, 2.05) is 36.4 Å². The summed E-state index contributed by atoms with van der Waals surface area (Å²) in [5.41, 5.74) is 12.4. The Balaban J connectivity index is 1.17. The molecule has 3 heterocycles. The maximum Gasteiger partial charge on any atom is 0.298 e. The van der Waals surface area contributed by atoms with Crippen LogP contribution in [0.1, 0.15) is 32.8 Å². The molecule has 44 heavy (non-hydrogen) atoms. The highest BCUT2D eigenvalue weighted by atomic mass is 32.2. The Labute approximate surface area is 258 Å². The number of hydrogen-bond donors (Lipinski definition) is 1. The molecule has 0 bridgehead atoms. The number of carbonyl (C=O) groups is 1. The predicted molar refractivity (Wildman–Crippen MR) is 171 cm³/mol. The van der Waals surface area contributed by atoms with E-state index in [2.05, 4.69) is 64.2 Å². The monoisotopic (exact) mass is 617 g/mol. The minimum absolute atomic E-state index is 0.0637. The van der Waals surface area contributed by atoms with Gasteiger partial charge in [-0.05, 0) is 53.1 Å². The summed E-state index contributed by atoms with van der Waals surface area (Å²) in [5, 5.41) is 13.1. The average Bonchev–Trinajstić information content (AvgIpc) is 3.46. The lowest BCUT2D eigenvalue weighted by Gasteiger charge is -2.51. The Kier molecular flexibility index (Phi) is 7.83. The molecule has 0 amide bonds. The molecule has 6 rings (SSSR count). The summed E-state index contributed by atoms with van der Waals surface area (Å²) in [4.78, 5) is 16.8. The molecule has 3 aromatic rings. The molecule has 0 spiro atoms. The molecule has 1 fully saturated rings. The van der Waals surface area contributed by atoms with Crippen molar-refractivity contribution in [1.29, 1.82) is 0 Å². The van der Waals surface area contributed by atoms with E-state index < -0.39 is 9.84 Å². The van der Waals surface area contributed by atoms with E-state index >= 15 is 0 Å². The zero-order valence-corrected chi connectivity index (χ0v) is 26.3. The third-order valence-corrected chi connectivity index (χ3v) is 10.8. The quantitative estimate of drug-likeness (QED) is 0.227. The van der Waals surface area contributed by atoms with Crippen molar-refractivity contribution >= 4 is 33.3 Å². The van der Waals surface area contributed by atoms with Crippen LogP contribution in [-0.2, 0) is 21.2 Å². The van der Waals surface area contributed by atoms with Gasteiger partial charge in [0.15, 0.2) is 9.84 Å². The van der Waals surface area contributed by atoms with Crippen molar-refractivity contribution in [3.8, 4) is 17.1 Å². The summed E-state index contributed by atoms with van der Waals surface area (Å²) in [6.07, 6.45) is 5.62. The Morgan fingerprint density at radius 1 is 1.00 bits per heavy atom. The van der Waals surface area contributed by atoms with Gasteiger partial charge in [0.2, 0.25) is 5.82 Å². The van der Waals surface area contributed by atoms with E-state index in [1.54, 1.807) is 4.80 Å². The van der Waals surface area contributed by atoms with Gasteiger partial charge in [-0.25, -0.2) is 8.42 Å². The summed E-state index contributed by atoms with van der Waals surface area (Å²) in [6, 6.07) is 13.6. The molecule has 1 aromatic heterocycles. The van der Waals surface area contributed by atoms with Gasteiger partial charge >= 0.3 is 0 Å². The number of aromatic nitrogens is 4. The van der Waals surface area contributed by atoms with Gasteiger partial charge < -0.3 is 15.4 Å². The van der Waals surface area contributed by atoms with Gasteiger partial charge in [0, 0.05) is 60.5 Å². The molecule has 2 aliphatic heterocycles. The number of allylic oxidation sites excluding steroid dienone is 2. The first-order chi connectivity index (χ1) is 21.0. The van der Waals surface area contributed by atoms with Crippen LogP contribution in [0.4, 0.5) is 11.4 Å². The van der Waals surface area contributed by atoms with Gasteiger partial charge in [0.25, 0.3) is 6.47 Å². The van der Waals surface area contributed by atoms with Gasteiger partial charge in [-0.2, -0.15) is 4.80 Å². The van der Waals surface area contributed by atoms with E-state index in [1.165, 1.54) is 11.1 Å². The Morgan fingerprint density at radius 2 is 1.75 bits per heavy atom. The largest absolute Gasteiger partial charge is 0.429 e. The lowest BCUT2D eigenvalue weighted by atomic mass is 9.58. The van der Waals surface area contributed by atoms with Crippen LogP contribution in [0.15, 0.2) is 60.2 Å². The lowest BCUT2D eigenvalue weighted by Crippen LogP contribution is -2.47. The predicted octanol–water partition coefficient (Wildman–Crippen LogP) is 3.45. The van der Waals surface area contributed by atoms with Crippen molar-refractivity contribution in [1.82, 2.24) is 25.1 Å². The third kappa shape index (κ3) is 6.00. The maximum atomic E-state index is 11.7. The van der Waals surface area contributed by atoms with Crippen LogP contribution in [0.2, 0.25) is 0 Å². The first kappa shape index (κ1) is 30.0. The second-order valence-electron chi connectivity index (χ2n) is 12.8. The van der Waals surface area contributed by atoms with Crippen molar-refractivity contribution in [3.63, 3.8) is 0 Å². The molecule has 12 heteroatoms. The summed E-state index contributed by atoms with van der Waals surface area (Å²) in [7, 11) is -2.91. The molecule has 2 N–H and O–H groups in total. The first-order valence-corrected chi connectivity index (χ1v) is 16.8. The molecule has 2 aromatic carbocycles. The summed E-state index contributed by atoms with van der Waals surface area (Å²) in [5.74, 6) is 1.44. The molecular weight excluding hydrogens is 578 g/mol. The first-order valence-electron chi connectivity index (χ1n) is 14.9. The third-order valence-electron chi connectivity index (χ3n) is 9.23. The standard InChI is InChI=1S/C32H39N7O4S/c1-31(2)28(23-4-6-27(7-5-23)43-22-40)8-10-32(3)21-38(11-9-29(31)32)26-19-24(18-25(33)20-26)30-34-36-39(35-30)13-12-37-14-16-44(41,42)17-15-37/h4-9,18-20,22H,10-17,21,33H2,1-3H3/t32-/m1/s1. The number of benzene rings is 2. The van der Waals surface area contributed by atoms with Crippen LogP contribution in [0.5, 0.6) is 5.75 Å². The molecule has 0 radical (unpaired) electrons. The van der Waals surface area contributed by atoms with Crippen LogP contribution in [-0.4, -0.2) is 84.2 Å². The number of fused-ring (bicyclic) bond motifs is 1. The SMILES string of the molecule is CC1(C)C(c2ccc(OC=O)cc2)=CC[C@]2(C)CN(c3cc(N)cc(-c4nnn(CCN5CCS(=O)(=O)CC5)n4)c3)CC=C12. The zero-order valence-electron chi connectivity index (χ0n) is 25.4. The van der Waals surface area contributed by atoms with Crippen molar-refractivity contribution < 1.29 is 17.9 Å². The maximum absolute atomic E-state index is 11.7. The number of nitrogens with zero attached hydrogens (tertiary/aromatic N) is 6. The highest BCUT2D eigenvalue weighted by Crippen LogP contribution is 2.55. The summed E-state index contributed by atoms with van der Waals surface area (Å²) >= 11 is 0. The van der Waals surface area contributed by atoms with Crippen molar-refractivity contribution in [2.75, 3.05) is 54.9 Å². The number of rotatable bonds is 8. The molecule has 0 saturated carbocycles. The highest BCUT2D eigenvalue weighted by Gasteiger charge is 2.45. The summed E-state index contributed by atoms with van der Waals surface area (Å²) in [6.45, 7) is 11.2. The minimum Gasteiger partial charge on any atom is -0.429 e. The van der Waals surface area contributed by atoms with Gasteiger partial charge in [-0.1, -0.05) is 50.6 Å². The average molecular weight is 618 g/mol. The Morgan fingerprint density at radius 3 is 2.48 bits per heavy atom.